The number of carboxylic acid groups (broad SMARTS) is 1. The van der Waals surface area contributed by atoms with Gasteiger partial charge in [-0.15, -0.1) is 0 Å². The summed E-state index contributed by atoms with van der Waals surface area (Å²) in [5.74, 6) is -1.84. The molecule has 0 unspecified atom stereocenters. The zero-order chi connectivity index (χ0) is 15.5. The zero-order valence-corrected chi connectivity index (χ0v) is 13.7. The molecule has 0 aliphatic heterocycles. The minimum Gasteiger partial charge on any atom is -1.00 e. The number of halogens is 1. The first-order valence-corrected chi connectivity index (χ1v) is 6.77. The Balaban J connectivity index is 0.00000441. The van der Waals surface area contributed by atoms with Gasteiger partial charge in [0, 0.05) is 25.0 Å². The summed E-state index contributed by atoms with van der Waals surface area (Å²) in [6, 6.07) is 5.84. The Hall–Kier alpha value is -1.96. The van der Waals surface area contributed by atoms with Crippen LogP contribution >= 0.6 is 0 Å². The van der Waals surface area contributed by atoms with Gasteiger partial charge >= 0.3 is 5.97 Å². The van der Waals surface area contributed by atoms with Crippen LogP contribution in [0.25, 0.3) is 0 Å². The molecule has 0 aliphatic carbocycles. The van der Waals surface area contributed by atoms with Crippen LogP contribution < -0.4 is 32.2 Å². The van der Waals surface area contributed by atoms with Gasteiger partial charge < -0.3 is 32.7 Å². The number of aliphatic carboxylic acids is 1. The van der Waals surface area contributed by atoms with Crippen molar-refractivity contribution < 1.29 is 41.0 Å². The van der Waals surface area contributed by atoms with Gasteiger partial charge in [-0.3, -0.25) is 14.4 Å². The molecule has 7 nitrogen and oxygen atoms in total. The predicted molar refractivity (Wildman–Crippen MR) is 74.1 cm³/mol. The van der Waals surface area contributed by atoms with E-state index < -0.39 is 18.4 Å². The van der Waals surface area contributed by atoms with Crippen LogP contribution in [0, 0.1) is 0 Å². The highest BCUT2D eigenvalue weighted by atomic mass is 79.9. The van der Waals surface area contributed by atoms with Gasteiger partial charge in [0.1, 0.15) is 13.1 Å². The maximum atomic E-state index is 11.5. The molecular formula is C14H20BrN3O4. The van der Waals surface area contributed by atoms with E-state index in [0.717, 1.165) is 19.4 Å². The lowest BCUT2D eigenvalue weighted by atomic mass is 10.2. The lowest BCUT2D eigenvalue weighted by Crippen LogP contribution is -3.00. The third kappa shape index (κ3) is 9.87. The van der Waals surface area contributed by atoms with E-state index >= 15 is 0 Å². The van der Waals surface area contributed by atoms with Gasteiger partial charge in [-0.2, -0.15) is 0 Å². The molecule has 1 aromatic rings. The van der Waals surface area contributed by atoms with Crippen molar-refractivity contribution in [1.29, 1.82) is 0 Å². The molecule has 0 saturated heterocycles. The molecular weight excluding hydrogens is 354 g/mol. The number of carboxylic acids is 1. The first-order valence-electron chi connectivity index (χ1n) is 6.77. The van der Waals surface area contributed by atoms with Crippen molar-refractivity contribution in [2.24, 2.45) is 0 Å². The topological polar surface area (TPSA) is 99.4 Å². The van der Waals surface area contributed by atoms with Gasteiger partial charge in [-0.05, 0) is 6.42 Å². The van der Waals surface area contributed by atoms with Crippen molar-refractivity contribution in [3.8, 4) is 0 Å². The van der Waals surface area contributed by atoms with Crippen LogP contribution in [-0.2, 0) is 20.9 Å². The quantitative estimate of drug-likeness (QED) is 0.308. The number of unbranched alkanes of at least 4 members (excludes halogenated alkanes) is 1. The molecule has 0 spiro atoms. The van der Waals surface area contributed by atoms with E-state index in [1.54, 1.807) is 0 Å². The van der Waals surface area contributed by atoms with Gasteiger partial charge in [0.15, 0.2) is 12.4 Å². The van der Waals surface area contributed by atoms with E-state index in [2.05, 4.69) is 10.6 Å². The summed E-state index contributed by atoms with van der Waals surface area (Å²) in [6.45, 7) is 0.204. The number of amides is 2. The highest BCUT2D eigenvalue weighted by Crippen LogP contribution is 1.95. The summed E-state index contributed by atoms with van der Waals surface area (Å²) < 4.78 is 2.04. The summed E-state index contributed by atoms with van der Waals surface area (Å²) in [7, 11) is 0. The van der Waals surface area contributed by atoms with Gasteiger partial charge in [-0.1, -0.05) is 6.07 Å². The predicted octanol–water partition coefficient (Wildman–Crippen LogP) is -3.53. The molecule has 0 radical (unpaired) electrons. The summed E-state index contributed by atoms with van der Waals surface area (Å²) in [4.78, 5) is 32.9. The van der Waals surface area contributed by atoms with Crippen LogP contribution in [0.5, 0.6) is 0 Å². The van der Waals surface area contributed by atoms with Gasteiger partial charge in [0.2, 0.25) is 11.8 Å². The SMILES string of the molecule is O=C(O)CNC(=O)CNC(=O)CCCC[n+]1ccccc1.[Br-]. The minimum absolute atomic E-state index is 0. The van der Waals surface area contributed by atoms with E-state index in [1.807, 2.05) is 35.2 Å². The highest BCUT2D eigenvalue weighted by molar-refractivity contribution is 5.86. The largest absolute Gasteiger partial charge is 1.00 e. The summed E-state index contributed by atoms with van der Waals surface area (Å²) in [6.07, 6.45) is 5.87. The fraction of sp³-hybridized carbons (Fsp3) is 0.429. The molecule has 122 valence electrons. The van der Waals surface area contributed by atoms with Crippen molar-refractivity contribution >= 4 is 17.8 Å². The average Bonchev–Trinajstić information content (AvgIpc) is 2.48. The molecule has 1 rings (SSSR count). The molecule has 0 saturated carbocycles. The van der Waals surface area contributed by atoms with Crippen LogP contribution in [0.15, 0.2) is 30.6 Å². The van der Waals surface area contributed by atoms with Crippen molar-refractivity contribution in [2.75, 3.05) is 13.1 Å². The maximum absolute atomic E-state index is 11.5. The Morgan fingerprint density at radius 1 is 0.909 bits per heavy atom. The Morgan fingerprint density at radius 3 is 2.18 bits per heavy atom. The number of aryl methyl sites for hydroxylation is 1. The fourth-order valence-electron chi connectivity index (χ4n) is 1.67. The van der Waals surface area contributed by atoms with Gasteiger partial charge in [0.25, 0.3) is 0 Å². The van der Waals surface area contributed by atoms with E-state index in [9.17, 15) is 14.4 Å². The second-order valence-electron chi connectivity index (χ2n) is 4.52. The number of hydrogen-bond donors (Lipinski definition) is 3. The molecule has 1 aromatic heterocycles. The van der Waals surface area contributed by atoms with E-state index in [4.69, 9.17) is 5.11 Å². The summed E-state index contributed by atoms with van der Waals surface area (Å²) >= 11 is 0. The minimum atomic E-state index is -1.12. The van der Waals surface area contributed by atoms with Gasteiger partial charge in [-0.25, -0.2) is 4.57 Å². The Bertz CT molecular complexity index is 482. The number of pyridine rings is 1. The van der Waals surface area contributed by atoms with Crippen molar-refractivity contribution in [2.45, 2.75) is 25.8 Å². The molecule has 0 aliphatic rings. The fourth-order valence-corrected chi connectivity index (χ4v) is 1.67. The second-order valence-corrected chi connectivity index (χ2v) is 4.52. The van der Waals surface area contributed by atoms with Crippen molar-refractivity contribution in [1.82, 2.24) is 10.6 Å². The lowest BCUT2D eigenvalue weighted by molar-refractivity contribution is -0.697. The molecule has 0 fully saturated rings. The molecule has 22 heavy (non-hydrogen) atoms. The lowest BCUT2D eigenvalue weighted by Gasteiger charge is -2.05. The van der Waals surface area contributed by atoms with Crippen molar-refractivity contribution in [3.63, 3.8) is 0 Å². The molecule has 2 amide bonds. The molecule has 0 aromatic carbocycles. The van der Waals surface area contributed by atoms with Crippen molar-refractivity contribution in [3.05, 3.63) is 30.6 Å². The second kappa shape index (κ2) is 11.7. The number of carbonyl (C=O) groups is 3. The van der Waals surface area contributed by atoms with Gasteiger partial charge in [0.05, 0.1) is 6.54 Å². The number of nitrogens with one attached hydrogen (secondary N) is 2. The van der Waals surface area contributed by atoms with E-state index in [-0.39, 0.29) is 29.4 Å². The summed E-state index contributed by atoms with van der Waals surface area (Å²) in [5, 5.41) is 13.0. The van der Waals surface area contributed by atoms with E-state index in [1.165, 1.54) is 0 Å². The van der Waals surface area contributed by atoms with Crippen LogP contribution in [0.2, 0.25) is 0 Å². The Kier molecular flexibility index (Phi) is 10.6. The third-order valence-corrected chi connectivity index (χ3v) is 2.73. The molecule has 1 heterocycles. The number of hydrogen-bond acceptors (Lipinski definition) is 3. The third-order valence-electron chi connectivity index (χ3n) is 2.73. The monoisotopic (exact) mass is 373 g/mol. The number of rotatable bonds is 9. The first-order chi connectivity index (χ1) is 10.1. The maximum Gasteiger partial charge on any atom is 0.322 e. The molecule has 3 N–H and O–H groups in total. The number of aromatic nitrogens is 1. The molecule has 0 atom stereocenters. The smallest absolute Gasteiger partial charge is 0.322 e. The van der Waals surface area contributed by atoms with Crippen LogP contribution in [-0.4, -0.2) is 36.0 Å². The zero-order valence-electron chi connectivity index (χ0n) is 12.1. The number of carbonyl (C=O) groups excluding carboxylic acids is 2. The Morgan fingerprint density at radius 2 is 1.55 bits per heavy atom. The molecule has 8 heteroatoms. The number of nitrogens with zero attached hydrogens (tertiary/aromatic N) is 1. The van der Waals surface area contributed by atoms with Crippen LogP contribution in [0.4, 0.5) is 0 Å². The molecule has 0 bridgehead atoms. The summed E-state index contributed by atoms with van der Waals surface area (Å²) in [5.41, 5.74) is 0. The Labute approximate surface area is 139 Å². The standard InChI is InChI=1S/C14H19N3O4.BrH/c18-12(15-10-13(19)16-11-14(20)21)6-2-5-9-17-7-3-1-4-8-17;/h1,3-4,7-8H,2,5-6,9-11H2,(H2-,15,16,18,19,20,21);1H. The average molecular weight is 374 g/mol. The van der Waals surface area contributed by atoms with Crippen LogP contribution in [0.3, 0.4) is 0 Å². The highest BCUT2D eigenvalue weighted by Gasteiger charge is 2.07. The van der Waals surface area contributed by atoms with E-state index in [0.29, 0.717) is 6.42 Å². The first kappa shape index (κ1) is 20.0. The normalized spacial score (nSPS) is 9.45. The van der Waals surface area contributed by atoms with Crippen LogP contribution in [0.1, 0.15) is 19.3 Å².